The number of hydrogen-bond donors (Lipinski definition) is 2. The van der Waals surface area contributed by atoms with Crippen LogP contribution in [0.25, 0.3) is 6.08 Å². The Morgan fingerprint density at radius 1 is 1.04 bits per heavy atom. The molecule has 0 aromatic heterocycles. The second-order valence-electron chi connectivity index (χ2n) is 5.61. The van der Waals surface area contributed by atoms with Crippen LogP contribution in [-0.2, 0) is 9.59 Å². The minimum absolute atomic E-state index is 0.123. The predicted octanol–water partition coefficient (Wildman–Crippen LogP) is 3.06. The fourth-order valence-corrected chi connectivity index (χ4v) is 3.21. The van der Waals surface area contributed by atoms with Crippen LogP contribution in [0.15, 0.2) is 59.5 Å². The van der Waals surface area contributed by atoms with E-state index >= 15 is 0 Å². The summed E-state index contributed by atoms with van der Waals surface area (Å²) in [6.07, 6.45) is 1.49. The Morgan fingerprint density at radius 2 is 1.70 bits per heavy atom. The standard InChI is InChI=1S/C19H14N2O5S/c22-16(20-14-4-2-1-3-5-14)11-21-17(23)15(27-19(21)26)10-12-6-8-13(9-7-12)18(24)25/h1-10H,11H2,(H,20,22)(H,24,25)/b15-10-. The van der Waals surface area contributed by atoms with E-state index in [9.17, 15) is 19.2 Å². The number of amides is 3. The van der Waals surface area contributed by atoms with E-state index in [0.29, 0.717) is 11.3 Å². The Kier molecular flexibility index (Phi) is 5.37. The summed E-state index contributed by atoms with van der Waals surface area (Å²) >= 11 is 0.738. The van der Waals surface area contributed by atoms with Gasteiger partial charge in [-0.1, -0.05) is 30.3 Å². The van der Waals surface area contributed by atoms with Crippen molar-refractivity contribution in [1.29, 1.82) is 0 Å². The number of benzene rings is 2. The number of imide groups is 1. The molecule has 1 saturated heterocycles. The van der Waals surface area contributed by atoms with E-state index < -0.39 is 23.0 Å². The molecule has 1 fully saturated rings. The number of carbonyl (C=O) groups is 4. The van der Waals surface area contributed by atoms with Crippen molar-refractivity contribution < 1.29 is 24.3 Å². The molecule has 8 heteroatoms. The van der Waals surface area contributed by atoms with Crippen LogP contribution in [0.3, 0.4) is 0 Å². The molecule has 2 N–H and O–H groups in total. The van der Waals surface area contributed by atoms with Crippen LogP contribution in [0.1, 0.15) is 15.9 Å². The summed E-state index contributed by atoms with van der Waals surface area (Å²) in [5.74, 6) is -2.09. The van der Waals surface area contributed by atoms with Gasteiger partial charge in [0.1, 0.15) is 6.54 Å². The number of nitrogens with one attached hydrogen (secondary N) is 1. The number of rotatable bonds is 5. The average Bonchev–Trinajstić information content (AvgIpc) is 2.90. The van der Waals surface area contributed by atoms with Gasteiger partial charge in [0.05, 0.1) is 10.5 Å². The first-order valence-corrected chi connectivity index (χ1v) is 8.69. The van der Waals surface area contributed by atoms with E-state index in [1.54, 1.807) is 42.5 Å². The molecule has 0 atom stereocenters. The van der Waals surface area contributed by atoms with Crippen molar-refractivity contribution in [2.24, 2.45) is 0 Å². The molecule has 1 aliphatic heterocycles. The average molecular weight is 382 g/mol. The van der Waals surface area contributed by atoms with E-state index in [4.69, 9.17) is 5.11 Å². The minimum atomic E-state index is -1.05. The molecule has 0 radical (unpaired) electrons. The summed E-state index contributed by atoms with van der Waals surface area (Å²) in [4.78, 5) is 48.5. The molecule has 7 nitrogen and oxygen atoms in total. The van der Waals surface area contributed by atoms with E-state index in [1.165, 1.54) is 18.2 Å². The van der Waals surface area contributed by atoms with Crippen LogP contribution < -0.4 is 5.32 Å². The molecule has 0 bridgehead atoms. The van der Waals surface area contributed by atoms with Crippen molar-refractivity contribution in [3.05, 3.63) is 70.6 Å². The molecule has 0 unspecified atom stereocenters. The Morgan fingerprint density at radius 3 is 2.33 bits per heavy atom. The Labute approximate surface area is 158 Å². The van der Waals surface area contributed by atoms with Gasteiger partial charge in [-0.15, -0.1) is 0 Å². The largest absolute Gasteiger partial charge is 0.478 e. The fraction of sp³-hybridized carbons (Fsp3) is 0.0526. The van der Waals surface area contributed by atoms with Gasteiger partial charge in [-0.25, -0.2) is 4.79 Å². The second-order valence-corrected chi connectivity index (χ2v) is 6.60. The molecule has 0 saturated carbocycles. The highest BCUT2D eigenvalue weighted by Crippen LogP contribution is 2.32. The van der Waals surface area contributed by atoms with Crippen LogP contribution in [0.5, 0.6) is 0 Å². The van der Waals surface area contributed by atoms with Gasteiger partial charge >= 0.3 is 5.97 Å². The SMILES string of the molecule is O=C(CN1C(=O)S/C(=C\c2ccc(C(=O)O)cc2)C1=O)Nc1ccccc1. The highest BCUT2D eigenvalue weighted by molar-refractivity contribution is 8.18. The van der Waals surface area contributed by atoms with Crippen molar-refractivity contribution >= 4 is 46.5 Å². The third-order valence-corrected chi connectivity index (χ3v) is 4.60. The molecular formula is C19H14N2O5S. The number of aromatic carboxylic acids is 1. The van der Waals surface area contributed by atoms with Gasteiger partial charge in [-0.2, -0.15) is 0 Å². The van der Waals surface area contributed by atoms with E-state index in [2.05, 4.69) is 5.32 Å². The number of hydrogen-bond acceptors (Lipinski definition) is 5. The minimum Gasteiger partial charge on any atom is -0.478 e. The first-order chi connectivity index (χ1) is 12.9. The van der Waals surface area contributed by atoms with Gasteiger partial charge in [-0.05, 0) is 47.7 Å². The van der Waals surface area contributed by atoms with E-state index in [-0.39, 0.29) is 17.0 Å². The summed E-state index contributed by atoms with van der Waals surface area (Å²) in [5, 5.41) is 11.0. The summed E-state index contributed by atoms with van der Waals surface area (Å²) < 4.78 is 0. The van der Waals surface area contributed by atoms with Crippen LogP contribution in [0.2, 0.25) is 0 Å². The third kappa shape index (κ3) is 4.42. The zero-order chi connectivity index (χ0) is 19.4. The molecule has 1 aliphatic rings. The third-order valence-electron chi connectivity index (χ3n) is 3.69. The Bertz CT molecular complexity index is 938. The number of para-hydroxylation sites is 1. The molecule has 1 heterocycles. The van der Waals surface area contributed by atoms with Crippen LogP contribution in [0.4, 0.5) is 10.5 Å². The lowest BCUT2D eigenvalue weighted by Crippen LogP contribution is -2.36. The van der Waals surface area contributed by atoms with Crippen molar-refractivity contribution in [3.8, 4) is 0 Å². The van der Waals surface area contributed by atoms with Crippen molar-refractivity contribution in [3.63, 3.8) is 0 Å². The van der Waals surface area contributed by atoms with Crippen LogP contribution in [-0.4, -0.2) is 39.6 Å². The number of carboxylic acid groups (broad SMARTS) is 1. The lowest BCUT2D eigenvalue weighted by molar-refractivity contribution is -0.127. The van der Waals surface area contributed by atoms with Gasteiger partial charge < -0.3 is 10.4 Å². The quantitative estimate of drug-likeness (QED) is 0.771. The van der Waals surface area contributed by atoms with Crippen molar-refractivity contribution in [2.75, 3.05) is 11.9 Å². The van der Waals surface area contributed by atoms with Crippen LogP contribution in [0, 0.1) is 0 Å². The Balaban J connectivity index is 1.69. The summed E-state index contributed by atoms with van der Waals surface area (Å²) in [5.41, 5.74) is 1.28. The molecule has 2 aromatic carbocycles. The molecule has 2 aromatic rings. The van der Waals surface area contributed by atoms with Crippen molar-refractivity contribution in [1.82, 2.24) is 4.90 Å². The predicted molar refractivity (Wildman–Crippen MR) is 101 cm³/mol. The molecule has 0 spiro atoms. The molecule has 3 rings (SSSR count). The Hall–Kier alpha value is -3.39. The lowest BCUT2D eigenvalue weighted by atomic mass is 10.1. The summed E-state index contributed by atoms with van der Waals surface area (Å²) in [6, 6.07) is 14.6. The maximum atomic E-state index is 12.4. The molecule has 136 valence electrons. The number of anilines is 1. The number of carbonyl (C=O) groups excluding carboxylic acids is 3. The number of nitrogens with zero attached hydrogens (tertiary/aromatic N) is 1. The van der Waals surface area contributed by atoms with Crippen LogP contribution >= 0.6 is 11.8 Å². The smallest absolute Gasteiger partial charge is 0.335 e. The zero-order valence-corrected chi connectivity index (χ0v) is 14.7. The summed E-state index contributed by atoms with van der Waals surface area (Å²) in [6.45, 7) is -0.380. The molecule has 0 aliphatic carbocycles. The molecular weight excluding hydrogens is 368 g/mol. The monoisotopic (exact) mass is 382 g/mol. The first kappa shape index (κ1) is 18.4. The zero-order valence-electron chi connectivity index (χ0n) is 13.9. The topological polar surface area (TPSA) is 104 Å². The molecule has 27 heavy (non-hydrogen) atoms. The maximum absolute atomic E-state index is 12.4. The number of thioether (sulfide) groups is 1. The van der Waals surface area contributed by atoms with Gasteiger partial charge in [0.25, 0.3) is 11.1 Å². The van der Waals surface area contributed by atoms with E-state index in [1.807, 2.05) is 0 Å². The van der Waals surface area contributed by atoms with Gasteiger partial charge in [0.15, 0.2) is 0 Å². The fourth-order valence-electron chi connectivity index (χ4n) is 2.38. The number of carboxylic acids is 1. The first-order valence-electron chi connectivity index (χ1n) is 7.87. The summed E-state index contributed by atoms with van der Waals surface area (Å²) in [7, 11) is 0. The van der Waals surface area contributed by atoms with Gasteiger partial charge in [-0.3, -0.25) is 19.3 Å². The second kappa shape index (κ2) is 7.88. The van der Waals surface area contributed by atoms with Gasteiger partial charge in [0, 0.05) is 5.69 Å². The molecule has 3 amide bonds. The van der Waals surface area contributed by atoms with Gasteiger partial charge in [0.2, 0.25) is 5.91 Å². The lowest BCUT2D eigenvalue weighted by Gasteiger charge is -2.12. The van der Waals surface area contributed by atoms with Crippen molar-refractivity contribution in [2.45, 2.75) is 0 Å². The maximum Gasteiger partial charge on any atom is 0.335 e. The highest BCUT2D eigenvalue weighted by atomic mass is 32.2. The van der Waals surface area contributed by atoms with E-state index in [0.717, 1.165) is 16.7 Å². The normalized spacial score (nSPS) is 15.3. The highest BCUT2D eigenvalue weighted by Gasteiger charge is 2.36.